The second-order valence-electron chi connectivity index (χ2n) is 15.8. The lowest BCUT2D eigenvalue weighted by atomic mass is 9.89. The SMILES string of the molecule is N#Cc1cccc(-n2c3ccccc3c3c4oc5ccccc5c4c4c(c5ccccc5n4-c4ccc(-c5nc(-c6ccccc6)nc6c5C5C=CC=CC5O6)cc4C#N)c32)c1. The molecular formula is C54H30N6O2. The summed E-state index contributed by atoms with van der Waals surface area (Å²) < 4.78 is 17.9. The van der Waals surface area contributed by atoms with Gasteiger partial charge < -0.3 is 18.3 Å². The maximum Gasteiger partial charge on any atom is 0.222 e. The fourth-order valence-electron chi connectivity index (χ4n) is 9.94. The molecule has 5 heterocycles. The molecule has 0 spiro atoms. The van der Waals surface area contributed by atoms with Gasteiger partial charge in [-0.3, -0.25) is 0 Å². The van der Waals surface area contributed by atoms with Crippen LogP contribution in [0.1, 0.15) is 22.6 Å². The molecule has 1 aliphatic heterocycles. The highest BCUT2D eigenvalue weighted by atomic mass is 16.5. The average Bonchev–Trinajstić information content (AvgIpc) is 4.09. The van der Waals surface area contributed by atoms with Gasteiger partial charge in [-0.25, -0.2) is 4.98 Å². The predicted octanol–water partition coefficient (Wildman–Crippen LogP) is 12.6. The van der Waals surface area contributed by atoms with E-state index in [0.29, 0.717) is 22.8 Å². The van der Waals surface area contributed by atoms with Gasteiger partial charge in [-0.2, -0.15) is 15.5 Å². The summed E-state index contributed by atoms with van der Waals surface area (Å²) in [6.07, 6.45) is 8.05. The Morgan fingerprint density at radius 2 is 1.29 bits per heavy atom. The first kappa shape index (κ1) is 34.2. The Kier molecular flexibility index (Phi) is 7.10. The number of ether oxygens (including phenoxy) is 1. The number of nitriles is 2. The third kappa shape index (κ3) is 4.69. The van der Waals surface area contributed by atoms with E-state index in [1.54, 1.807) is 0 Å². The molecule has 0 radical (unpaired) electrons. The molecule has 288 valence electrons. The third-order valence-electron chi connectivity index (χ3n) is 12.5. The summed E-state index contributed by atoms with van der Waals surface area (Å²) >= 11 is 0. The van der Waals surface area contributed by atoms with E-state index in [4.69, 9.17) is 19.1 Å². The largest absolute Gasteiger partial charge is 0.469 e. The number of hydrogen-bond donors (Lipinski definition) is 0. The molecule has 62 heavy (non-hydrogen) atoms. The second-order valence-corrected chi connectivity index (χ2v) is 15.8. The molecule has 8 heteroatoms. The van der Waals surface area contributed by atoms with Crippen LogP contribution in [0.3, 0.4) is 0 Å². The molecule has 4 aromatic heterocycles. The molecule has 2 aliphatic rings. The van der Waals surface area contributed by atoms with Crippen LogP contribution in [-0.2, 0) is 0 Å². The van der Waals surface area contributed by atoms with E-state index >= 15 is 0 Å². The Balaban J connectivity index is 1.15. The van der Waals surface area contributed by atoms with Crippen molar-refractivity contribution >= 4 is 65.6 Å². The summed E-state index contributed by atoms with van der Waals surface area (Å²) in [5.41, 5.74) is 11.3. The molecule has 8 nitrogen and oxygen atoms in total. The normalized spacial score (nSPS) is 15.4. The fourth-order valence-corrected chi connectivity index (χ4v) is 9.94. The van der Waals surface area contributed by atoms with E-state index in [0.717, 1.165) is 99.3 Å². The molecule has 1 aliphatic carbocycles. The standard InChI is InChI=1S/C54H30N6O2/c55-29-31-13-12-16-35(27-31)59-41-21-8-5-18-37(41)47-50(59)46-36-17-4-9-22-42(36)60(51(46)48-39-20-7-10-23-43(39)61-52(47)48)40-26-25-33(28-34(40)30-56)49-45-38-19-6-11-24-44(38)62-54(45)58-53(57-49)32-14-2-1-3-15-32/h1-28,38,44H. The van der Waals surface area contributed by atoms with Crippen LogP contribution in [0.2, 0.25) is 0 Å². The van der Waals surface area contributed by atoms with E-state index < -0.39 is 0 Å². The van der Waals surface area contributed by atoms with Crippen molar-refractivity contribution in [1.29, 1.82) is 10.5 Å². The number of benzene rings is 7. The highest BCUT2D eigenvalue weighted by molar-refractivity contribution is 6.39. The molecule has 2 unspecified atom stereocenters. The Hall–Kier alpha value is -8.72. The van der Waals surface area contributed by atoms with Gasteiger partial charge >= 0.3 is 0 Å². The summed E-state index contributed by atoms with van der Waals surface area (Å²) in [6.45, 7) is 0. The van der Waals surface area contributed by atoms with E-state index in [-0.39, 0.29) is 12.0 Å². The first-order valence-electron chi connectivity index (χ1n) is 20.5. The van der Waals surface area contributed by atoms with Gasteiger partial charge in [0.1, 0.15) is 23.3 Å². The lowest BCUT2D eigenvalue weighted by Crippen LogP contribution is -2.16. The molecule has 0 saturated carbocycles. The van der Waals surface area contributed by atoms with E-state index in [2.05, 4.69) is 82.0 Å². The Morgan fingerprint density at radius 3 is 2.11 bits per heavy atom. The number of furan rings is 1. The van der Waals surface area contributed by atoms with Gasteiger partial charge in [0.15, 0.2) is 5.82 Å². The molecule has 0 amide bonds. The highest BCUT2D eigenvalue weighted by Crippen LogP contribution is 2.50. The smallest absolute Gasteiger partial charge is 0.222 e. The van der Waals surface area contributed by atoms with Crippen LogP contribution in [0.25, 0.3) is 99.6 Å². The summed E-state index contributed by atoms with van der Waals surface area (Å²) in [4.78, 5) is 10.2. The zero-order valence-corrected chi connectivity index (χ0v) is 32.8. The first-order chi connectivity index (χ1) is 30.7. The molecule has 2 atom stereocenters. The Labute approximate surface area is 353 Å². The maximum absolute atomic E-state index is 11.2. The van der Waals surface area contributed by atoms with Gasteiger partial charge in [-0.05, 0) is 54.6 Å². The van der Waals surface area contributed by atoms with Crippen molar-refractivity contribution in [3.63, 3.8) is 0 Å². The van der Waals surface area contributed by atoms with Crippen LogP contribution in [0.4, 0.5) is 0 Å². The van der Waals surface area contributed by atoms with Crippen molar-refractivity contribution in [2.24, 2.45) is 0 Å². The lowest BCUT2D eigenvalue weighted by molar-refractivity contribution is 0.260. The molecular weight excluding hydrogens is 765 g/mol. The molecule has 7 aromatic carbocycles. The number of aromatic nitrogens is 4. The molecule has 13 rings (SSSR count). The lowest BCUT2D eigenvalue weighted by Gasteiger charge is -2.16. The van der Waals surface area contributed by atoms with Crippen molar-refractivity contribution in [2.75, 3.05) is 0 Å². The number of nitrogens with zero attached hydrogens (tertiary/aromatic N) is 6. The number of para-hydroxylation sites is 3. The minimum absolute atomic E-state index is 0.0666. The van der Waals surface area contributed by atoms with Gasteiger partial charge in [0, 0.05) is 38.4 Å². The first-order valence-corrected chi connectivity index (χ1v) is 20.5. The van der Waals surface area contributed by atoms with Gasteiger partial charge in [-0.15, -0.1) is 0 Å². The van der Waals surface area contributed by atoms with Crippen molar-refractivity contribution in [3.05, 3.63) is 187 Å². The van der Waals surface area contributed by atoms with Crippen molar-refractivity contribution in [2.45, 2.75) is 12.0 Å². The predicted molar refractivity (Wildman–Crippen MR) is 244 cm³/mol. The third-order valence-corrected chi connectivity index (χ3v) is 12.5. The minimum Gasteiger partial charge on any atom is -0.469 e. The summed E-state index contributed by atoms with van der Waals surface area (Å²) in [7, 11) is 0. The summed E-state index contributed by atoms with van der Waals surface area (Å²) in [6, 6.07) is 53.6. The number of rotatable bonds is 4. The molecule has 0 saturated heterocycles. The Morgan fingerprint density at radius 1 is 0.581 bits per heavy atom. The molecule has 0 N–H and O–H groups in total. The minimum atomic E-state index is -0.191. The Bertz CT molecular complexity index is 3890. The van der Waals surface area contributed by atoms with E-state index in [1.165, 1.54) is 0 Å². The van der Waals surface area contributed by atoms with Crippen LogP contribution in [0.15, 0.2) is 174 Å². The van der Waals surface area contributed by atoms with Gasteiger partial charge in [0.2, 0.25) is 5.88 Å². The zero-order chi connectivity index (χ0) is 41.1. The molecule has 11 aromatic rings. The topological polar surface area (TPSA) is 106 Å². The van der Waals surface area contributed by atoms with Crippen LogP contribution >= 0.6 is 0 Å². The fraction of sp³-hybridized carbons (Fsp3) is 0.0370. The average molecular weight is 795 g/mol. The zero-order valence-electron chi connectivity index (χ0n) is 32.8. The maximum atomic E-state index is 11.2. The van der Waals surface area contributed by atoms with Crippen molar-refractivity contribution in [3.8, 4) is 52.0 Å². The van der Waals surface area contributed by atoms with Crippen LogP contribution in [-0.4, -0.2) is 25.2 Å². The van der Waals surface area contributed by atoms with Crippen LogP contribution in [0.5, 0.6) is 5.88 Å². The van der Waals surface area contributed by atoms with Crippen molar-refractivity contribution < 1.29 is 9.15 Å². The molecule has 0 bridgehead atoms. The quantitative estimate of drug-likeness (QED) is 0.176. The number of hydrogen-bond acceptors (Lipinski definition) is 6. The van der Waals surface area contributed by atoms with Gasteiger partial charge in [0.25, 0.3) is 0 Å². The molecule has 0 fully saturated rings. The number of allylic oxidation sites excluding steroid dienone is 2. The van der Waals surface area contributed by atoms with Crippen molar-refractivity contribution in [1.82, 2.24) is 19.1 Å². The van der Waals surface area contributed by atoms with Crippen LogP contribution < -0.4 is 4.74 Å². The van der Waals surface area contributed by atoms with Gasteiger partial charge in [-0.1, -0.05) is 115 Å². The second kappa shape index (κ2) is 12.9. The van der Waals surface area contributed by atoms with E-state index in [1.807, 2.05) is 109 Å². The highest BCUT2D eigenvalue weighted by Gasteiger charge is 2.37. The monoisotopic (exact) mass is 794 g/mol. The van der Waals surface area contributed by atoms with Gasteiger partial charge in [0.05, 0.1) is 72.9 Å². The van der Waals surface area contributed by atoms with E-state index in [9.17, 15) is 10.5 Å². The van der Waals surface area contributed by atoms with Crippen LogP contribution in [0, 0.1) is 22.7 Å². The number of fused-ring (bicyclic) bond motifs is 15. The summed E-state index contributed by atoms with van der Waals surface area (Å²) in [5.74, 6) is 1.05. The summed E-state index contributed by atoms with van der Waals surface area (Å²) in [5, 5.41) is 27.2.